The molecule has 1 heterocycles. The van der Waals surface area contributed by atoms with Gasteiger partial charge in [0.25, 0.3) is 0 Å². The monoisotopic (exact) mass is 488 g/mol. The maximum atomic E-state index is 12.3. The van der Waals surface area contributed by atoms with E-state index in [1.54, 1.807) is 31.2 Å². The van der Waals surface area contributed by atoms with Crippen LogP contribution >= 0.6 is 27.7 Å². The van der Waals surface area contributed by atoms with Gasteiger partial charge in [0.1, 0.15) is 0 Å². The summed E-state index contributed by atoms with van der Waals surface area (Å²) in [5, 5.41) is 12.0. The van der Waals surface area contributed by atoms with E-state index in [1.807, 2.05) is 35.8 Å². The van der Waals surface area contributed by atoms with E-state index >= 15 is 0 Å². The average molecular weight is 489 g/mol. The Morgan fingerprint density at radius 1 is 1.07 bits per heavy atom. The number of ether oxygens (including phenoxy) is 1. The van der Waals surface area contributed by atoms with E-state index in [2.05, 4.69) is 31.4 Å². The van der Waals surface area contributed by atoms with E-state index in [9.17, 15) is 9.59 Å². The number of anilines is 1. The van der Waals surface area contributed by atoms with Crippen LogP contribution in [0, 0.1) is 0 Å². The first kappa shape index (κ1) is 22.0. The Morgan fingerprint density at radius 2 is 1.77 bits per heavy atom. The van der Waals surface area contributed by atoms with Crippen molar-refractivity contribution in [3.8, 4) is 11.4 Å². The summed E-state index contributed by atoms with van der Waals surface area (Å²) in [7, 11) is 0. The molecule has 156 valence electrons. The van der Waals surface area contributed by atoms with E-state index in [0.717, 1.165) is 15.9 Å². The zero-order valence-corrected chi connectivity index (χ0v) is 19.0. The van der Waals surface area contributed by atoms with Gasteiger partial charge in [-0.2, -0.15) is 0 Å². The van der Waals surface area contributed by atoms with Crippen molar-refractivity contribution < 1.29 is 14.3 Å². The van der Waals surface area contributed by atoms with Crippen molar-refractivity contribution in [2.24, 2.45) is 0 Å². The quantitative estimate of drug-likeness (QED) is 0.367. The molecule has 0 aliphatic heterocycles. The maximum Gasteiger partial charge on any atom is 0.338 e. The number of benzene rings is 2. The number of carbonyl (C=O) groups excluding carboxylic acids is 2. The summed E-state index contributed by atoms with van der Waals surface area (Å²) in [6, 6.07) is 14.5. The predicted molar refractivity (Wildman–Crippen MR) is 121 cm³/mol. The molecule has 3 aromatic rings. The summed E-state index contributed by atoms with van der Waals surface area (Å²) < 4.78 is 7.93. The molecule has 0 atom stereocenters. The average Bonchev–Trinajstić information content (AvgIpc) is 3.16. The SMILES string of the molecule is CCOC(=O)c1ccc(NC(=O)CSc2nnc(-c3ccc(Br)cc3)n2CC)cc1. The molecule has 7 nitrogen and oxygen atoms in total. The Hall–Kier alpha value is -2.65. The maximum absolute atomic E-state index is 12.3. The second kappa shape index (κ2) is 10.4. The fraction of sp³-hybridized carbons (Fsp3) is 0.238. The number of esters is 1. The van der Waals surface area contributed by atoms with Crippen molar-refractivity contribution in [1.82, 2.24) is 14.8 Å². The Balaban J connectivity index is 1.61. The molecule has 30 heavy (non-hydrogen) atoms. The smallest absolute Gasteiger partial charge is 0.338 e. The molecule has 1 N–H and O–H groups in total. The molecular formula is C21H21BrN4O3S. The van der Waals surface area contributed by atoms with Gasteiger partial charge < -0.3 is 14.6 Å². The highest BCUT2D eigenvalue weighted by molar-refractivity contribution is 9.10. The Kier molecular flexibility index (Phi) is 7.64. The summed E-state index contributed by atoms with van der Waals surface area (Å²) in [5.74, 6) is 0.409. The number of aromatic nitrogens is 3. The normalized spacial score (nSPS) is 10.6. The molecule has 0 unspecified atom stereocenters. The third-order valence-corrected chi connectivity index (χ3v) is 5.64. The lowest BCUT2D eigenvalue weighted by atomic mass is 10.2. The van der Waals surface area contributed by atoms with Gasteiger partial charge in [0, 0.05) is 22.3 Å². The lowest BCUT2D eigenvalue weighted by Gasteiger charge is -2.08. The van der Waals surface area contributed by atoms with Gasteiger partial charge in [-0.25, -0.2) is 4.79 Å². The summed E-state index contributed by atoms with van der Waals surface area (Å²) >= 11 is 4.76. The van der Waals surface area contributed by atoms with E-state index in [-0.39, 0.29) is 17.6 Å². The first-order chi connectivity index (χ1) is 14.5. The molecular weight excluding hydrogens is 468 g/mol. The van der Waals surface area contributed by atoms with E-state index < -0.39 is 0 Å². The molecule has 0 aliphatic carbocycles. The minimum absolute atomic E-state index is 0.167. The second-order valence-corrected chi connectivity index (χ2v) is 8.05. The van der Waals surface area contributed by atoms with Crippen LogP contribution in [0.25, 0.3) is 11.4 Å². The van der Waals surface area contributed by atoms with E-state index in [4.69, 9.17) is 4.74 Å². The van der Waals surface area contributed by atoms with Gasteiger partial charge in [-0.3, -0.25) is 4.79 Å². The van der Waals surface area contributed by atoms with Gasteiger partial charge in [-0.1, -0.05) is 39.8 Å². The highest BCUT2D eigenvalue weighted by atomic mass is 79.9. The second-order valence-electron chi connectivity index (χ2n) is 6.19. The summed E-state index contributed by atoms with van der Waals surface area (Å²) in [6.45, 7) is 4.78. The lowest BCUT2D eigenvalue weighted by molar-refractivity contribution is -0.113. The summed E-state index contributed by atoms with van der Waals surface area (Å²) in [4.78, 5) is 24.0. The van der Waals surface area contributed by atoms with Crippen LogP contribution in [-0.2, 0) is 16.1 Å². The van der Waals surface area contributed by atoms with Crippen LogP contribution in [0.15, 0.2) is 58.2 Å². The number of nitrogens with zero attached hydrogens (tertiary/aromatic N) is 3. The molecule has 3 rings (SSSR count). The lowest BCUT2D eigenvalue weighted by Crippen LogP contribution is -2.15. The van der Waals surface area contributed by atoms with Gasteiger partial charge >= 0.3 is 5.97 Å². The number of hydrogen-bond donors (Lipinski definition) is 1. The fourth-order valence-electron chi connectivity index (χ4n) is 2.72. The molecule has 0 aliphatic rings. The highest BCUT2D eigenvalue weighted by Crippen LogP contribution is 2.25. The number of halogens is 1. The van der Waals surface area contributed by atoms with Gasteiger partial charge in [-0.05, 0) is 50.2 Å². The van der Waals surface area contributed by atoms with Crippen LogP contribution in [0.5, 0.6) is 0 Å². The van der Waals surface area contributed by atoms with E-state index in [1.165, 1.54) is 11.8 Å². The zero-order valence-electron chi connectivity index (χ0n) is 16.6. The van der Waals surface area contributed by atoms with Gasteiger partial charge in [0.15, 0.2) is 11.0 Å². The zero-order chi connectivity index (χ0) is 21.5. The van der Waals surface area contributed by atoms with Crippen molar-refractivity contribution in [3.05, 3.63) is 58.6 Å². The van der Waals surface area contributed by atoms with Crippen LogP contribution < -0.4 is 5.32 Å². The highest BCUT2D eigenvalue weighted by Gasteiger charge is 2.15. The summed E-state index contributed by atoms with van der Waals surface area (Å²) in [5.41, 5.74) is 2.02. The molecule has 1 aromatic heterocycles. The number of amides is 1. The first-order valence-electron chi connectivity index (χ1n) is 9.40. The van der Waals surface area contributed by atoms with Crippen molar-refractivity contribution in [1.29, 1.82) is 0 Å². The van der Waals surface area contributed by atoms with Crippen LogP contribution in [-0.4, -0.2) is 39.0 Å². The molecule has 0 saturated heterocycles. The molecule has 0 fully saturated rings. The molecule has 9 heteroatoms. The van der Waals surface area contributed by atoms with Crippen molar-refractivity contribution in [2.45, 2.75) is 25.5 Å². The standard InChI is InChI=1S/C21H21BrN4O3S/c1-3-26-19(14-5-9-16(22)10-6-14)24-25-21(26)30-13-18(27)23-17-11-7-15(8-12-17)20(28)29-4-2/h5-12H,3-4,13H2,1-2H3,(H,23,27). The van der Waals surface area contributed by atoms with Crippen molar-refractivity contribution >= 4 is 45.3 Å². The van der Waals surface area contributed by atoms with Crippen LogP contribution in [0.4, 0.5) is 5.69 Å². The van der Waals surface area contributed by atoms with Crippen molar-refractivity contribution in [2.75, 3.05) is 17.7 Å². The van der Waals surface area contributed by atoms with Crippen LogP contribution in [0.1, 0.15) is 24.2 Å². The van der Waals surface area contributed by atoms with Crippen LogP contribution in [0.3, 0.4) is 0 Å². The first-order valence-corrected chi connectivity index (χ1v) is 11.2. The predicted octanol–water partition coefficient (Wildman–Crippen LogP) is 4.64. The van der Waals surface area contributed by atoms with Gasteiger partial charge in [0.2, 0.25) is 5.91 Å². The summed E-state index contributed by atoms with van der Waals surface area (Å²) in [6.07, 6.45) is 0. The number of nitrogens with one attached hydrogen (secondary N) is 1. The molecule has 2 aromatic carbocycles. The minimum Gasteiger partial charge on any atom is -0.462 e. The molecule has 0 saturated carbocycles. The molecule has 0 bridgehead atoms. The minimum atomic E-state index is -0.383. The number of rotatable bonds is 8. The molecule has 1 amide bonds. The molecule has 0 radical (unpaired) electrons. The Bertz CT molecular complexity index is 1020. The van der Waals surface area contributed by atoms with Gasteiger partial charge in [0.05, 0.1) is 17.9 Å². The Morgan fingerprint density at radius 3 is 2.40 bits per heavy atom. The van der Waals surface area contributed by atoms with Crippen LogP contribution in [0.2, 0.25) is 0 Å². The third kappa shape index (κ3) is 5.48. The number of carbonyl (C=O) groups is 2. The van der Waals surface area contributed by atoms with Crippen molar-refractivity contribution in [3.63, 3.8) is 0 Å². The number of thioether (sulfide) groups is 1. The van der Waals surface area contributed by atoms with Gasteiger partial charge in [-0.15, -0.1) is 10.2 Å². The fourth-order valence-corrected chi connectivity index (χ4v) is 3.79. The topological polar surface area (TPSA) is 86.1 Å². The molecule has 0 spiro atoms. The Labute approximate surface area is 187 Å². The third-order valence-electron chi connectivity index (χ3n) is 4.15. The number of hydrogen-bond acceptors (Lipinski definition) is 6. The van der Waals surface area contributed by atoms with E-state index in [0.29, 0.717) is 29.6 Å². The largest absolute Gasteiger partial charge is 0.462 e.